The minimum atomic E-state index is 0.0966. The molecule has 11 aromatic rings. The summed E-state index contributed by atoms with van der Waals surface area (Å²) in [5.41, 5.74) is 15.8. The summed E-state index contributed by atoms with van der Waals surface area (Å²) in [6.45, 7) is 8.98. The molecule has 0 unspecified atom stereocenters. The van der Waals surface area contributed by atoms with Crippen LogP contribution < -0.4 is 9.30 Å². The van der Waals surface area contributed by atoms with E-state index in [1.165, 1.54) is 22.1 Å². The molecule has 5 nitrogen and oxygen atoms in total. The van der Waals surface area contributed by atoms with E-state index in [1.54, 1.807) is 0 Å². The molecule has 0 saturated carbocycles. The van der Waals surface area contributed by atoms with Crippen molar-refractivity contribution in [2.75, 3.05) is 0 Å². The van der Waals surface area contributed by atoms with Crippen molar-refractivity contribution in [3.8, 4) is 62.1 Å². The first-order valence-electron chi connectivity index (χ1n) is 22.4. The third-order valence-corrected chi connectivity index (χ3v) is 12.6. The molecule has 8 aromatic carbocycles. The molecule has 0 spiro atoms. The Hall–Kier alpha value is -8.02. The number of fused-ring (bicyclic) bond motifs is 4. The molecule has 314 valence electrons. The molecule has 0 aliphatic rings. The number of hydrogen-bond donors (Lipinski definition) is 0. The molecule has 11 rings (SSSR count). The molecule has 65 heavy (non-hydrogen) atoms. The van der Waals surface area contributed by atoms with Crippen molar-refractivity contribution < 1.29 is 9.30 Å². The second-order valence-corrected chi connectivity index (χ2v) is 17.7. The van der Waals surface area contributed by atoms with Gasteiger partial charge in [-0.05, 0) is 93.2 Å². The van der Waals surface area contributed by atoms with Crippen molar-refractivity contribution in [2.24, 2.45) is 0 Å². The lowest BCUT2D eigenvalue weighted by atomic mass is 9.86. The van der Waals surface area contributed by atoms with Gasteiger partial charge in [0.1, 0.15) is 17.3 Å². The van der Waals surface area contributed by atoms with Crippen LogP contribution >= 0.6 is 0 Å². The van der Waals surface area contributed by atoms with Gasteiger partial charge < -0.3 is 4.74 Å². The van der Waals surface area contributed by atoms with Crippen LogP contribution in [0.3, 0.4) is 0 Å². The molecule has 3 heterocycles. The number of hydrogen-bond acceptors (Lipinski definition) is 2. The minimum absolute atomic E-state index is 0.0966. The lowest BCUT2D eigenvalue weighted by Gasteiger charge is -2.19. The summed E-state index contributed by atoms with van der Waals surface area (Å²) in [7, 11) is 0. The molecule has 0 aliphatic carbocycles. The highest BCUT2D eigenvalue weighted by atomic mass is 16.5. The second-order valence-electron chi connectivity index (χ2n) is 17.7. The first-order chi connectivity index (χ1) is 31.8. The van der Waals surface area contributed by atoms with E-state index >= 15 is 0 Å². The SMILES string of the molecule is CCc1cc(-n2c3ccccc3c3ccc(Oc4cccc(-n5[c-][n+](-c6c(-c7ccccc7)cccc6-c6ccccc6)c6ccccc65)c4)cc32)ncc1-c1ccc(C(C)(C)C)cc1. The predicted molar refractivity (Wildman–Crippen MR) is 267 cm³/mol. The largest absolute Gasteiger partial charge is 0.458 e. The van der Waals surface area contributed by atoms with Gasteiger partial charge in [-0.1, -0.05) is 179 Å². The lowest BCUT2D eigenvalue weighted by molar-refractivity contribution is -0.571. The smallest absolute Gasteiger partial charge is 0.269 e. The first kappa shape index (κ1) is 39.8. The number of aryl methyl sites for hydroxylation is 1. The van der Waals surface area contributed by atoms with Crippen LogP contribution in [0.4, 0.5) is 0 Å². The van der Waals surface area contributed by atoms with Crippen LogP contribution in [-0.2, 0) is 11.8 Å². The highest BCUT2D eigenvalue weighted by Crippen LogP contribution is 2.38. The van der Waals surface area contributed by atoms with Crippen LogP contribution in [0.15, 0.2) is 206 Å². The number of imidazole rings is 1. The zero-order valence-electron chi connectivity index (χ0n) is 37.0. The number of aromatic nitrogens is 4. The lowest BCUT2D eigenvalue weighted by Crippen LogP contribution is -2.31. The van der Waals surface area contributed by atoms with Gasteiger partial charge in [0.05, 0.1) is 33.4 Å². The van der Waals surface area contributed by atoms with Crippen LogP contribution in [0, 0.1) is 6.33 Å². The number of rotatable bonds is 9. The van der Waals surface area contributed by atoms with E-state index in [2.05, 4.69) is 242 Å². The Morgan fingerprint density at radius 2 is 1.15 bits per heavy atom. The fourth-order valence-corrected chi connectivity index (χ4v) is 9.29. The summed E-state index contributed by atoms with van der Waals surface area (Å²) in [5.74, 6) is 2.35. The molecular weight excluding hydrogens is 793 g/mol. The van der Waals surface area contributed by atoms with E-state index in [9.17, 15) is 0 Å². The van der Waals surface area contributed by atoms with Crippen molar-refractivity contribution in [1.82, 2.24) is 14.1 Å². The fraction of sp³-hybridized carbons (Fsp3) is 0.100. The van der Waals surface area contributed by atoms with E-state index in [4.69, 9.17) is 9.72 Å². The van der Waals surface area contributed by atoms with Crippen molar-refractivity contribution in [3.05, 3.63) is 224 Å². The summed E-state index contributed by atoms with van der Waals surface area (Å²) in [6.07, 6.45) is 6.73. The normalized spacial score (nSPS) is 11.8. The van der Waals surface area contributed by atoms with Crippen molar-refractivity contribution in [2.45, 2.75) is 39.5 Å². The Labute approximate surface area is 380 Å². The molecule has 5 heteroatoms. The summed E-state index contributed by atoms with van der Waals surface area (Å²) in [5, 5.41) is 2.32. The maximum atomic E-state index is 6.78. The Balaban J connectivity index is 0.986. The van der Waals surface area contributed by atoms with E-state index in [0.29, 0.717) is 0 Å². The van der Waals surface area contributed by atoms with E-state index < -0.39 is 0 Å². The van der Waals surface area contributed by atoms with Gasteiger partial charge in [0.15, 0.2) is 0 Å². The zero-order valence-corrected chi connectivity index (χ0v) is 37.0. The minimum Gasteiger partial charge on any atom is -0.458 e. The molecule has 0 N–H and O–H groups in total. The van der Waals surface area contributed by atoms with E-state index in [-0.39, 0.29) is 5.41 Å². The maximum Gasteiger partial charge on any atom is 0.269 e. The van der Waals surface area contributed by atoms with Gasteiger partial charge in [-0.25, -0.2) is 4.98 Å². The third kappa shape index (κ3) is 7.25. The summed E-state index contributed by atoms with van der Waals surface area (Å²) in [6, 6.07) is 70.7. The molecule has 0 aliphatic heterocycles. The van der Waals surface area contributed by atoms with Crippen LogP contribution in [-0.4, -0.2) is 14.1 Å². The van der Waals surface area contributed by atoms with Crippen LogP contribution in [0.2, 0.25) is 0 Å². The summed E-state index contributed by atoms with van der Waals surface area (Å²) >= 11 is 0. The fourth-order valence-electron chi connectivity index (χ4n) is 9.29. The van der Waals surface area contributed by atoms with Crippen molar-refractivity contribution >= 4 is 32.8 Å². The Bertz CT molecular complexity index is 3460. The second kappa shape index (κ2) is 16.3. The van der Waals surface area contributed by atoms with Crippen LogP contribution in [0.1, 0.15) is 38.8 Å². The average molecular weight is 841 g/mol. The van der Waals surface area contributed by atoms with Crippen molar-refractivity contribution in [1.29, 1.82) is 0 Å². The molecule has 0 bridgehead atoms. The van der Waals surface area contributed by atoms with Gasteiger partial charge in [0, 0.05) is 28.6 Å². The Morgan fingerprint density at radius 3 is 1.86 bits per heavy atom. The molecule has 0 amide bonds. The zero-order chi connectivity index (χ0) is 44.1. The highest BCUT2D eigenvalue weighted by Gasteiger charge is 2.21. The van der Waals surface area contributed by atoms with Crippen LogP contribution in [0.25, 0.3) is 83.4 Å². The quantitative estimate of drug-likeness (QED) is 0.107. The van der Waals surface area contributed by atoms with Gasteiger partial charge in [-0.15, -0.1) is 0 Å². The Kier molecular flexibility index (Phi) is 9.96. The molecule has 0 radical (unpaired) electrons. The van der Waals surface area contributed by atoms with E-state index in [1.807, 2.05) is 12.3 Å². The topological polar surface area (TPSA) is 35.9 Å². The first-order valence-corrected chi connectivity index (χ1v) is 22.4. The molecule has 3 aromatic heterocycles. The van der Waals surface area contributed by atoms with E-state index in [0.717, 1.165) is 90.4 Å². The number of pyridine rings is 1. The standard InChI is InChI=1S/C60H48N4O/c1-5-41-36-58(61-39-53(41)44-30-32-45(33-31-44)60(2,3)4)64-54-27-13-12-24-51(54)52-35-34-48(38-57(52)64)65-47-23-16-22-46(37-47)62-40-63(56-29-15-14-28-55(56)62)59-49(42-18-8-6-9-19-42)25-17-26-50(59)43-20-10-7-11-21-43/h6-39H,5H2,1-4H3. The average Bonchev–Trinajstić information content (AvgIpc) is 3.90. The predicted octanol–water partition coefficient (Wildman–Crippen LogP) is 14.9. The summed E-state index contributed by atoms with van der Waals surface area (Å²) in [4.78, 5) is 5.14. The van der Waals surface area contributed by atoms with Crippen LogP contribution in [0.5, 0.6) is 11.5 Å². The van der Waals surface area contributed by atoms with Gasteiger partial charge in [-0.3, -0.25) is 13.7 Å². The number of ether oxygens (including phenoxy) is 1. The van der Waals surface area contributed by atoms with Gasteiger partial charge in [0.2, 0.25) is 0 Å². The Morgan fingerprint density at radius 1 is 0.538 bits per heavy atom. The van der Waals surface area contributed by atoms with Crippen molar-refractivity contribution in [3.63, 3.8) is 0 Å². The number of benzene rings is 8. The molecular formula is C60H48N4O. The van der Waals surface area contributed by atoms with Gasteiger partial charge in [-0.2, -0.15) is 0 Å². The number of nitrogens with zero attached hydrogens (tertiary/aromatic N) is 4. The highest BCUT2D eigenvalue weighted by molar-refractivity contribution is 6.09. The monoisotopic (exact) mass is 840 g/mol. The molecule has 0 saturated heterocycles. The molecule has 0 atom stereocenters. The van der Waals surface area contributed by atoms with Gasteiger partial charge >= 0.3 is 0 Å². The summed E-state index contributed by atoms with van der Waals surface area (Å²) < 4.78 is 13.4. The molecule has 0 fully saturated rings. The maximum absolute atomic E-state index is 6.78. The number of para-hydroxylation sites is 4. The third-order valence-electron chi connectivity index (χ3n) is 12.6. The van der Waals surface area contributed by atoms with Gasteiger partial charge in [0.25, 0.3) is 6.33 Å².